The molecule has 0 aliphatic carbocycles. The van der Waals surface area contributed by atoms with Crippen LogP contribution in [0, 0.1) is 47.6 Å². The third-order valence-corrected chi connectivity index (χ3v) is 19.9. The minimum atomic E-state index is -1.58. The SMILES string of the molecule is C.C#Cc1cnccc1-c1cc2cc(OC)ccc2o1.COc1ccc2oc(-c3ccncc3C#C[Si](C)(C)C)cc2c1.COc1ccc2oc(-c3ccncc3I)cc2c1.COc1ccc2oc(-c3ccncc3N)cc2c1.COc1ccc2oc(-c3ccncc3[N+](=O)[O-])cc2c1.COc1ccc2oc(B(O)O)cc2c1.O=[N+]([O-])c1cnccc1Cl. The molecule has 0 spiro atoms. The fourth-order valence-electron chi connectivity index (χ4n) is 11.8. The minimum absolute atomic E-state index is 0. The van der Waals surface area contributed by atoms with E-state index in [0.717, 1.165) is 138 Å². The van der Waals surface area contributed by atoms with Crippen LogP contribution in [0.1, 0.15) is 18.6 Å². The Hall–Kier alpha value is -14.8. The number of nitrogens with two attached hydrogens (primary N) is 1. The average Bonchev–Trinajstić information content (AvgIpc) is 1.98. The fourth-order valence-corrected chi connectivity index (χ4v) is 13.1. The van der Waals surface area contributed by atoms with Gasteiger partial charge in [0.2, 0.25) is 0 Å². The van der Waals surface area contributed by atoms with Crippen molar-refractivity contribution in [2.45, 2.75) is 27.1 Å². The molecule has 27 nitrogen and oxygen atoms in total. The summed E-state index contributed by atoms with van der Waals surface area (Å²) in [4.78, 5) is 43.6. The molecule has 12 aromatic heterocycles. The van der Waals surface area contributed by atoms with Crippen LogP contribution in [0.15, 0.2) is 283 Å². The summed E-state index contributed by atoms with van der Waals surface area (Å²) in [6.45, 7) is 6.68. The Bertz CT molecular complexity index is 6740. The van der Waals surface area contributed by atoms with Crippen molar-refractivity contribution in [3.8, 4) is 115 Å². The third-order valence-electron chi connectivity index (χ3n) is 17.9. The highest BCUT2D eigenvalue weighted by atomic mass is 127. The van der Waals surface area contributed by atoms with Crippen LogP contribution in [-0.4, -0.2) is 108 Å². The molecular weight excluding hydrogens is 1720 g/mol. The molecule has 31 heteroatoms. The number of nitrogens with zero attached hydrogens (tertiary/aromatic N) is 8. The van der Waals surface area contributed by atoms with Crippen LogP contribution in [0.25, 0.3) is 122 Å². The summed E-state index contributed by atoms with van der Waals surface area (Å²) in [5.41, 5.74) is 20.1. The number of hydrogen-bond acceptors (Lipinski definition) is 25. The standard InChI is InChI=1S/C19H19NO2Si.C16H11NO2.C14H10INO2.C14H10N2O4.C14H12N2O2.C9H9BO4.C5H3ClN2O2.CH4/c1-21-16-5-6-18-15(11-16)12-19(22-18)17-7-9-20-13-14(17)8-10-23(2,3)4;1-3-11-10-17-7-6-14(11)16-9-12-8-13(18-2)4-5-15(12)19-16;1-17-10-2-3-13-9(6-10)7-14(18-13)11-4-5-16-8-12(11)15;1-19-10-2-3-13-9(6-10)7-14(20-13)11-4-5-15-8-12(11)16(17)18;1-17-10-2-3-13-9(6-10)7-14(18-13)11-4-5-16-8-12(11)15;1-13-7-2-3-8-6(4-7)5-9(14-8)10(11)12;6-4-1-2-7-3-5(4)8(9)10;/h5-7,9,11-13H,1-4H3;1,4-10H,2H3;2-8H,1H3;2-8H,1H3;2-8H,15H2,1H3;2-5,11-12H,1H3;1-3H;1H4. The maximum atomic E-state index is 11.0. The van der Waals surface area contributed by atoms with Crippen LogP contribution in [0.5, 0.6) is 34.5 Å². The number of rotatable bonds is 14. The van der Waals surface area contributed by atoms with Crippen molar-refractivity contribution in [2.75, 3.05) is 48.4 Å². The predicted molar refractivity (Wildman–Crippen MR) is 487 cm³/mol. The molecule has 6 aromatic carbocycles. The first-order valence-corrected chi connectivity index (χ1v) is 41.7. The molecule has 0 saturated heterocycles. The summed E-state index contributed by atoms with van der Waals surface area (Å²) < 4.78 is 66.3. The number of methoxy groups -OCH3 is 6. The van der Waals surface area contributed by atoms with E-state index in [2.05, 4.69) is 89.5 Å². The lowest BCUT2D eigenvalue weighted by Gasteiger charge is -2.04. The van der Waals surface area contributed by atoms with Crippen molar-refractivity contribution in [3.63, 3.8) is 0 Å². The van der Waals surface area contributed by atoms with E-state index in [1.54, 1.807) is 135 Å². The van der Waals surface area contributed by atoms with Gasteiger partial charge >= 0.3 is 12.8 Å². The Morgan fingerprint density at radius 3 is 1.08 bits per heavy atom. The van der Waals surface area contributed by atoms with Crippen molar-refractivity contribution in [2.24, 2.45) is 0 Å². The number of anilines is 1. The zero-order valence-electron chi connectivity index (χ0n) is 66.7. The highest BCUT2D eigenvalue weighted by Crippen LogP contribution is 2.39. The second kappa shape index (κ2) is 41.3. The maximum Gasteiger partial charge on any atom is 0.526 e. The molecule has 4 N–H and O–H groups in total. The minimum Gasteiger partial charge on any atom is -0.497 e. The van der Waals surface area contributed by atoms with E-state index in [1.165, 1.54) is 24.7 Å². The number of pyridine rings is 6. The first-order chi connectivity index (χ1) is 58.9. The Labute approximate surface area is 724 Å². The molecule has 0 aliphatic rings. The number of terminal acetylenes is 1. The number of nitrogen functional groups attached to an aromatic ring is 1. The van der Waals surface area contributed by atoms with Crippen molar-refractivity contribution in [1.29, 1.82) is 0 Å². The van der Waals surface area contributed by atoms with Gasteiger partial charge in [0, 0.05) is 114 Å². The number of halogens is 2. The van der Waals surface area contributed by atoms with Gasteiger partial charge in [-0.3, -0.25) is 50.1 Å². The molecular formula is C92H78BClIN9O18Si. The second-order valence-electron chi connectivity index (χ2n) is 27.0. The normalized spacial score (nSPS) is 10.5. The van der Waals surface area contributed by atoms with Gasteiger partial charge in [-0.15, -0.1) is 12.0 Å². The lowest BCUT2D eigenvalue weighted by atomic mass is 9.88. The summed E-state index contributed by atoms with van der Waals surface area (Å²) in [7, 11) is 6.74. The van der Waals surface area contributed by atoms with Crippen molar-refractivity contribution < 1.29 is 74.8 Å². The molecule has 0 atom stereocenters. The van der Waals surface area contributed by atoms with Crippen LogP contribution >= 0.6 is 34.2 Å². The molecule has 0 amide bonds. The summed E-state index contributed by atoms with van der Waals surface area (Å²) in [6.07, 6.45) is 24.5. The number of nitro groups is 2. The predicted octanol–water partition coefficient (Wildman–Crippen LogP) is 21.2. The van der Waals surface area contributed by atoms with E-state index >= 15 is 0 Å². The van der Waals surface area contributed by atoms with Crippen molar-refractivity contribution in [3.05, 3.63) is 296 Å². The molecule has 0 fully saturated rings. The molecule has 123 heavy (non-hydrogen) atoms. The molecule has 0 saturated carbocycles. The van der Waals surface area contributed by atoms with E-state index in [-0.39, 0.29) is 29.5 Å². The topological polar surface area (TPSA) is 364 Å². The zero-order valence-corrected chi connectivity index (χ0v) is 70.7. The first-order valence-electron chi connectivity index (χ1n) is 36.8. The van der Waals surface area contributed by atoms with Gasteiger partial charge in [0.1, 0.15) is 128 Å². The van der Waals surface area contributed by atoms with E-state index < -0.39 is 25.0 Å². The fraction of sp³-hybridized carbons (Fsp3) is 0.109. The number of aromatic nitrogens is 6. The highest BCUT2D eigenvalue weighted by molar-refractivity contribution is 14.1. The Kier molecular flexibility index (Phi) is 29.8. The van der Waals surface area contributed by atoms with Crippen molar-refractivity contribution in [1.82, 2.24) is 29.9 Å². The number of fused-ring (bicyclic) bond motifs is 6. The number of hydrogen-bond donors (Lipinski definition) is 3. The molecule has 12 heterocycles. The highest BCUT2D eigenvalue weighted by Gasteiger charge is 2.22. The number of furan rings is 6. The van der Waals surface area contributed by atoms with Crippen LogP contribution in [0.4, 0.5) is 17.1 Å². The van der Waals surface area contributed by atoms with E-state index in [1.807, 2.05) is 134 Å². The van der Waals surface area contributed by atoms with Gasteiger partial charge in [0.25, 0.3) is 5.69 Å². The summed E-state index contributed by atoms with van der Waals surface area (Å²) >= 11 is 7.69. The van der Waals surface area contributed by atoms with Gasteiger partial charge in [-0.1, -0.05) is 50.5 Å². The lowest BCUT2D eigenvalue weighted by molar-refractivity contribution is -0.385. The summed E-state index contributed by atoms with van der Waals surface area (Å²) in [5, 5.41) is 44.6. The molecule has 18 rings (SSSR count). The first kappa shape index (κ1) is 89.0. The Morgan fingerprint density at radius 1 is 0.415 bits per heavy atom. The lowest BCUT2D eigenvalue weighted by Crippen LogP contribution is -2.27. The monoisotopic (exact) mass is 1800 g/mol. The molecule has 0 aliphatic heterocycles. The van der Waals surface area contributed by atoms with Gasteiger partial charge in [-0.2, -0.15) is 0 Å². The smallest absolute Gasteiger partial charge is 0.497 e. The van der Waals surface area contributed by atoms with Gasteiger partial charge in [0.15, 0.2) is 0 Å². The van der Waals surface area contributed by atoms with E-state index in [0.29, 0.717) is 45.2 Å². The van der Waals surface area contributed by atoms with Gasteiger partial charge in [-0.25, -0.2) is 0 Å². The maximum absolute atomic E-state index is 11.0. The van der Waals surface area contributed by atoms with E-state index in [4.69, 9.17) is 88.7 Å². The largest absolute Gasteiger partial charge is 0.526 e. The summed E-state index contributed by atoms with van der Waals surface area (Å²) in [5.74, 6) is 14.1. The van der Waals surface area contributed by atoms with Crippen LogP contribution in [-0.2, 0) is 0 Å². The van der Waals surface area contributed by atoms with Crippen molar-refractivity contribution >= 4 is 138 Å². The van der Waals surface area contributed by atoms with Gasteiger partial charge in [-0.05, 0) is 205 Å². The van der Waals surface area contributed by atoms with Crippen LogP contribution in [0.3, 0.4) is 0 Å². The second-order valence-corrected chi connectivity index (χ2v) is 33.4. The van der Waals surface area contributed by atoms with Crippen LogP contribution in [0.2, 0.25) is 24.7 Å². The Balaban J connectivity index is 0.000000141. The van der Waals surface area contributed by atoms with Crippen LogP contribution < -0.4 is 39.8 Å². The number of ether oxygens (including phenoxy) is 6. The number of benzene rings is 6. The quantitative estimate of drug-likeness (QED) is 0.0299. The summed E-state index contributed by atoms with van der Waals surface area (Å²) in [6, 6.07) is 55.3. The van der Waals surface area contributed by atoms with Gasteiger partial charge < -0.3 is 70.7 Å². The average molecular weight is 1800 g/mol. The molecule has 0 bridgehead atoms. The Morgan fingerprint density at radius 2 is 0.724 bits per heavy atom. The molecule has 0 unspecified atom stereocenters. The molecule has 0 radical (unpaired) electrons. The molecule has 620 valence electrons. The zero-order chi connectivity index (χ0) is 86.6. The van der Waals surface area contributed by atoms with E-state index in [9.17, 15) is 20.2 Å². The third kappa shape index (κ3) is 22.6. The molecule has 18 aromatic rings. The van der Waals surface area contributed by atoms with Gasteiger partial charge in [0.05, 0.1) is 81.1 Å².